The Bertz CT molecular complexity index is 2130. The summed E-state index contributed by atoms with van der Waals surface area (Å²) in [7, 11) is -3.95. The van der Waals surface area contributed by atoms with Crippen molar-refractivity contribution in [3.05, 3.63) is 131 Å². The van der Waals surface area contributed by atoms with Crippen LogP contribution in [0.3, 0.4) is 0 Å². The molecule has 0 unspecified atom stereocenters. The van der Waals surface area contributed by atoms with Crippen LogP contribution >= 0.6 is 23.2 Å². The first kappa shape index (κ1) is 34.0. The zero-order valence-corrected chi connectivity index (χ0v) is 30.1. The molecule has 8 nitrogen and oxygen atoms in total. The minimum atomic E-state index is -3.95. The number of aliphatic hydroxyl groups is 1. The molecule has 0 atom stereocenters. The number of nitrogens with one attached hydrogen (secondary N) is 1. The molecule has 1 fully saturated rings. The molecule has 0 saturated heterocycles. The lowest BCUT2D eigenvalue weighted by Crippen LogP contribution is -2.30. The summed E-state index contributed by atoms with van der Waals surface area (Å²) >= 11 is 12.8. The first-order valence-corrected chi connectivity index (χ1v) is 19.2. The van der Waals surface area contributed by atoms with E-state index in [1.54, 1.807) is 30.3 Å². The molecule has 0 radical (unpaired) electrons. The number of rotatable bonds is 10. The Hall–Kier alpha value is -4.44. The summed E-state index contributed by atoms with van der Waals surface area (Å²) in [6.07, 6.45) is 10.3. The molecule has 50 heavy (non-hydrogen) atoms. The molecule has 1 saturated carbocycles. The number of anilines is 2. The van der Waals surface area contributed by atoms with Crippen LogP contribution in [0.25, 0.3) is 28.1 Å². The molecule has 0 amide bonds. The van der Waals surface area contributed by atoms with E-state index in [1.165, 1.54) is 43.4 Å². The summed E-state index contributed by atoms with van der Waals surface area (Å²) < 4.78 is 30.2. The van der Waals surface area contributed by atoms with Crippen LogP contribution in [0.4, 0.5) is 11.4 Å². The largest absolute Gasteiger partial charge is 0.493 e. The van der Waals surface area contributed by atoms with E-state index in [0.717, 1.165) is 52.0 Å². The molecule has 1 aliphatic carbocycles. The molecule has 2 heterocycles. The first-order chi connectivity index (χ1) is 24.2. The van der Waals surface area contributed by atoms with E-state index < -0.39 is 16.1 Å². The fourth-order valence-electron chi connectivity index (χ4n) is 6.94. The average molecular weight is 729 g/mol. The second-order valence-electron chi connectivity index (χ2n) is 12.9. The average Bonchev–Trinajstić information content (AvgIpc) is 3.66. The second-order valence-corrected chi connectivity index (χ2v) is 15.3. The van der Waals surface area contributed by atoms with Gasteiger partial charge in [-0.05, 0) is 90.9 Å². The third kappa shape index (κ3) is 7.36. The van der Waals surface area contributed by atoms with Crippen molar-refractivity contribution in [3.8, 4) is 28.1 Å². The maximum absolute atomic E-state index is 12.6. The molecule has 1 aromatic heterocycles. The highest BCUT2D eigenvalue weighted by molar-refractivity contribution is 7.91. The molecule has 7 rings (SSSR count). The van der Waals surface area contributed by atoms with Gasteiger partial charge in [-0.25, -0.2) is 14.0 Å². The molecule has 11 heteroatoms. The zero-order valence-electron chi connectivity index (χ0n) is 27.8. The normalized spacial score (nSPS) is 15.9. The fraction of sp³-hybridized carbons (Fsp3) is 0.256. The van der Waals surface area contributed by atoms with Crippen molar-refractivity contribution in [2.45, 2.75) is 45.4 Å². The van der Waals surface area contributed by atoms with Crippen molar-refractivity contribution < 1.29 is 13.5 Å². The van der Waals surface area contributed by atoms with Gasteiger partial charge in [-0.2, -0.15) is 8.42 Å². The van der Waals surface area contributed by atoms with Crippen LogP contribution in [0, 0.1) is 5.92 Å². The third-order valence-corrected chi connectivity index (χ3v) is 11.4. The summed E-state index contributed by atoms with van der Waals surface area (Å²) in [5, 5.41) is 10.9. The highest BCUT2D eigenvalue weighted by Gasteiger charge is 2.29. The van der Waals surface area contributed by atoms with Gasteiger partial charge in [0.2, 0.25) is 5.88 Å². The number of hydrogen-bond acceptors (Lipinski definition) is 5. The van der Waals surface area contributed by atoms with Gasteiger partial charge in [0.25, 0.3) is 0 Å². The Kier molecular flexibility index (Phi) is 9.82. The van der Waals surface area contributed by atoms with Gasteiger partial charge in [-0.3, -0.25) is 0 Å². The number of benzene rings is 4. The number of aliphatic hydroxyl groups excluding tert-OH is 1. The lowest BCUT2D eigenvalue weighted by molar-refractivity contribution is 0.359. The molecular formula is C39H39Cl2N5O3S. The summed E-state index contributed by atoms with van der Waals surface area (Å²) in [5.74, 6) is 1.08. The van der Waals surface area contributed by atoms with E-state index in [0.29, 0.717) is 33.5 Å². The van der Waals surface area contributed by atoms with Crippen molar-refractivity contribution in [1.29, 1.82) is 0 Å². The molecule has 258 valence electrons. The Morgan fingerprint density at radius 3 is 2.26 bits per heavy atom. The van der Waals surface area contributed by atoms with Crippen LogP contribution in [-0.2, 0) is 16.6 Å². The van der Waals surface area contributed by atoms with E-state index in [1.807, 2.05) is 22.9 Å². The Morgan fingerprint density at radius 1 is 0.900 bits per heavy atom. The van der Waals surface area contributed by atoms with E-state index in [9.17, 15) is 13.5 Å². The van der Waals surface area contributed by atoms with Crippen LogP contribution in [0.1, 0.15) is 50.4 Å². The van der Waals surface area contributed by atoms with Crippen molar-refractivity contribution in [2.75, 3.05) is 22.3 Å². The van der Waals surface area contributed by atoms with Crippen molar-refractivity contribution in [1.82, 2.24) is 14.3 Å². The van der Waals surface area contributed by atoms with Gasteiger partial charge in [-0.15, -0.1) is 0 Å². The van der Waals surface area contributed by atoms with Gasteiger partial charge >= 0.3 is 10.2 Å². The summed E-state index contributed by atoms with van der Waals surface area (Å²) in [6.45, 7) is 4.38. The molecular weight excluding hydrogens is 689 g/mol. The van der Waals surface area contributed by atoms with Crippen molar-refractivity contribution in [2.24, 2.45) is 5.92 Å². The number of halogens is 2. The smallest absolute Gasteiger partial charge is 0.330 e. The lowest BCUT2D eigenvalue weighted by atomic mass is 9.89. The maximum atomic E-state index is 12.6. The summed E-state index contributed by atoms with van der Waals surface area (Å²) in [5.41, 5.74) is 7.07. The van der Waals surface area contributed by atoms with Gasteiger partial charge in [0.1, 0.15) is 5.82 Å². The topological polar surface area (TPSA) is 90.7 Å². The minimum absolute atomic E-state index is 0.358. The van der Waals surface area contributed by atoms with Gasteiger partial charge in [0.05, 0.1) is 22.6 Å². The van der Waals surface area contributed by atoms with Crippen molar-refractivity contribution in [3.63, 3.8) is 0 Å². The van der Waals surface area contributed by atoms with Gasteiger partial charge in [0, 0.05) is 47.7 Å². The SMILES string of the molecule is CCN(CC1CCCCC1)c1ccc(-c2ccc(Cc3nc(-c4ccc(Cl)cc4Cl)cn3-c3cccc(N4C=C(O)NS4(=O)=O)c3)cc2)cc1. The monoisotopic (exact) mass is 727 g/mol. The van der Waals surface area contributed by atoms with Gasteiger partial charge < -0.3 is 14.6 Å². The van der Waals surface area contributed by atoms with E-state index in [-0.39, 0.29) is 0 Å². The van der Waals surface area contributed by atoms with Gasteiger partial charge in [-0.1, -0.05) is 84.9 Å². The second kappa shape index (κ2) is 14.4. The zero-order chi connectivity index (χ0) is 34.8. The first-order valence-electron chi connectivity index (χ1n) is 17.0. The quantitative estimate of drug-likeness (QED) is 0.150. The fourth-order valence-corrected chi connectivity index (χ4v) is 8.49. The number of aromatic nitrogens is 2. The molecule has 0 bridgehead atoms. The van der Waals surface area contributed by atoms with Crippen LogP contribution in [0.15, 0.2) is 109 Å². The minimum Gasteiger partial charge on any atom is -0.493 e. The van der Waals surface area contributed by atoms with Crippen LogP contribution in [0.5, 0.6) is 0 Å². The predicted molar refractivity (Wildman–Crippen MR) is 203 cm³/mol. The number of hydrogen-bond donors (Lipinski definition) is 2. The van der Waals surface area contributed by atoms with E-state index in [4.69, 9.17) is 28.2 Å². The molecule has 4 aromatic carbocycles. The lowest BCUT2D eigenvalue weighted by Gasteiger charge is -2.30. The predicted octanol–water partition coefficient (Wildman–Crippen LogP) is 9.52. The Morgan fingerprint density at radius 2 is 1.60 bits per heavy atom. The highest BCUT2D eigenvalue weighted by atomic mass is 35.5. The van der Waals surface area contributed by atoms with Crippen LogP contribution in [-0.4, -0.2) is 36.2 Å². The van der Waals surface area contributed by atoms with Crippen LogP contribution < -0.4 is 13.9 Å². The standard InChI is InChI=1S/C39H39Cl2N5O3S/c1-2-44(24-28-7-4-3-5-8-28)32-18-15-30(16-19-32)29-13-11-27(12-14-29)21-38-42-37(35-20-17-31(40)22-36(35)41)25-45(38)33-9-6-10-34(23-33)46-26-39(47)43-50(46,48)49/h6,9-20,22-23,25-26,28,43,47H,2-5,7-8,21,24H2,1H3. The maximum Gasteiger partial charge on any atom is 0.330 e. The highest BCUT2D eigenvalue weighted by Crippen LogP contribution is 2.33. The van der Waals surface area contributed by atoms with Crippen molar-refractivity contribution >= 4 is 44.8 Å². The third-order valence-electron chi connectivity index (χ3n) is 9.55. The number of nitrogens with zero attached hydrogens (tertiary/aromatic N) is 4. The number of imidazole rings is 1. The van der Waals surface area contributed by atoms with Gasteiger partial charge in [0.15, 0.2) is 0 Å². The van der Waals surface area contributed by atoms with E-state index >= 15 is 0 Å². The summed E-state index contributed by atoms with van der Waals surface area (Å²) in [4.78, 5) is 7.51. The molecule has 2 N–H and O–H groups in total. The molecule has 5 aromatic rings. The molecule has 0 spiro atoms. The van der Waals surface area contributed by atoms with Crippen LogP contribution in [0.2, 0.25) is 10.0 Å². The molecule has 2 aliphatic rings. The Balaban J connectivity index is 1.15. The Labute approximate surface area is 303 Å². The molecule has 1 aliphatic heterocycles. The van der Waals surface area contributed by atoms with E-state index in [2.05, 4.69) is 65.1 Å². The summed E-state index contributed by atoms with van der Waals surface area (Å²) in [6, 6.07) is 29.7.